The van der Waals surface area contributed by atoms with Crippen LogP contribution in [0.5, 0.6) is 11.5 Å². The van der Waals surface area contributed by atoms with Gasteiger partial charge in [-0.05, 0) is 87.9 Å². The van der Waals surface area contributed by atoms with Gasteiger partial charge in [-0.15, -0.1) is 0 Å². The number of fused-ring (bicyclic) bond motifs is 3. The molecule has 2 atom stereocenters. The number of methoxy groups -OCH3 is 1. The van der Waals surface area contributed by atoms with E-state index >= 15 is 0 Å². The van der Waals surface area contributed by atoms with Gasteiger partial charge in [-0.25, -0.2) is 0 Å². The van der Waals surface area contributed by atoms with E-state index < -0.39 is 0 Å². The van der Waals surface area contributed by atoms with E-state index in [1.807, 2.05) is 42.5 Å². The minimum atomic E-state index is -0.0497. The number of nitrogens with zero attached hydrogens (tertiary/aromatic N) is 2. The van der Waals surface area contributed by atoms with Gasteiger partial charge in [0.25, 0.3) is 5.91 Å². The predicted octanol–water partition coefficient (Wildman–Crippen LogP) is 5.96. The summed E-state index contributed by atoms with van der Waals surface area (Å²) in [7, 11) is 1.66. The maximum Gasteiger partial charge on any atom is 0.267 e. The number of aromatic nitrogens is 1. The Morgan fingerprint density at radius 1 is 1.00 bits per heavy atom. The van der Waals surface area contributed by atoms with Crippen LogP contribution in [0.3, 0.4) is 0 Å². The Balaban J connectivity index is 0.958. The molecule has 8 nitrogen and oxygen atoms in total. The van der Waals surface area contributed by atoms with Crippen LogP contribution >= 0.6 is 0 Å². The molecule has 1 unspecified atom stereocenters. The summed E-state index contributed by atoms with van der Waals surface area (Å²) in [5, 5.41) is 5.11. The Hall–Kier alpha value is -3.49. The maximum atomic E-state index is 13.3. The minimum absolute atomic E-state index is 0.0497. The van der Waals surface area contributed by atoms with E-state index in [4.69, 9.17) is 13.9 Å². The number of carbonyl (C=O) groups excluding carboxylic acids is 1. The topological polar surface area (TPSA) is 83.0 Å². The van der Waals surface area contributed by atoms with E-state index in [2.05, 4.69) is 20.1 Å². The van der Waals surface area contributed by atoms with Crippen molar-refractivity contribution in [3.63, 3.8) is 0 Å². The highest BCUT2D eigenvalue weighted by molar-refractivity contribution is 5.99. The highest BCUT2D eigenvalue weighted by Gasteiger charge is 2.34. The first-order valence-corrected chi connectivity index (χ1v) is 15.7. The van der Waals surface area contributed by atoms with Gasteiger partial charge in [0.15, 0.2) is 0 Å². The van der Waals surface area contributed by atoms with Gasteiger partial charge in [0.05, 0.1) is 18.8 Å². The zero-order valence-electron chi connectivity index (χ0n) is 24.6. The van der Waals surface area contributed by atoms with Gasteiger partial charge in [0.1, 0.15) is 29.4 Å². The number of rotatable bonds is 8. The van der Waals surface area contributed by atoms with Crippen molar-refractivity contribution in [1.29, 1.82) is 0 Å². The second-order valence-corrected chi connectivity index (χ2v) is 12.3. The van der Waals surface area contributed by atoms with Crippen LogP contribution in [0.2, 0.25) is 0 Å². The van der Waals surface area contributed by atoms with Crippen molar-refractivity contribution in [2.24, 2.45) is 5.92 Å². The lowest BCUT2D eigenvalue weighted by molar-refractivity contribution is 0.0351. The molecule has 0 saturated carbocycles. The van der Waals surface area contributed by atoms with Gasteiger partial charge >= 0.3 is 0 Å². The number of hydrogen-bond donors (Lipinski definition) is 2. The number of ether oxygens (including phenoxy) is 2. The molecule has 2 aromatic heterocycles. The highest BCUT2D eigenvalue weighted by Crippen LogP contribution is 2.34. The second kappa shape index (κ2) is 12.0. The van der Waals surface area contributed by atoms with Gasteiger partial charge in [0, 0.05) is 48.2 Å². The summed E-state index contributed by atoms with van der Waals surface area (Å²) in [6.07, 6.45) is 10.6. The van der Waals surface area contributed by atoms with E-state index in [1.54, 1.807) is 13.4 Å². The quantitative estimate of drug-likeness (QED) is 0.272. The fourth-order valence-corrected chi connectivity index (χ4v) is 7.57. The van der Waals surface area contributed by atoms with Gasteiger partial charge in [-0.2, -0.15) is 0 Å². The number of aromatic amines is 1. The molecule has 3 aliphatic heterocycles. The van der Waals surface area contributed by atoms with Gasteiger partial charge < -0.3 is 34.0 Å². The fraction of sp³-hybridized carbons (Fsp3) is 0.500. The number of nitrogens with one attached hydrogen (secondary N) is 2. The standard InChI is InChI=1S/C34H42N4O4/c1-40-31-11-5-12-32-33(31)24(22-42-32)21-41-30-10-4-8-27-26(30)19-28(36-27)34(39)35-25-13-17-37(18-14-25)20-23-7-6-16-38-15-3-2-9-29(23)38/h4-5,8,10-12,19,22-23,25,29,36H,2-3,6-7,9,13-18,20-21H2,1H3,(H,35,39)/t23-,29?/m0/s1. The zero-order chi connectivity index (χ0) is 28.5. The Labute approximate surface area is 247 Å². The van der Waals surface area contributed by atoms with E-state index in [9.17, 15) is 4.79 Å². The monoisotopic (exact) mass is 570 g/mol. The molecule has 222 valence electrons. The highest BCUT2D eigenvalue weighted by atomic mass is 16.5. The SMILES string of the molecule is COc1cccc2occ(COc3cccc4[nH]c(C(=O)NC5CCN(C[C@@H]6CCCN7CCCCC67)CC5)cc34)c12. The molecule has 3 fully saturated rings. The number of amides is 1. The third kappa shape index (κ3) is 5.50. The third-order valence-corrected chi connectivity index (χ3v) is 9.75. The minimum Gasteiger partial charge on any atom is -0.496 e. The lowest BCUT2D eigenvalue weighted by Gasteiger charge is -2.46. The smallest absolute Gasteiger partial charge is 0.267 e. The third-order valence-electron chi connectivity index (χ3n) is 9.75. The molecule has 2 N–H and O–H groups in total. The van der Waals surface area contributed by atoms with Crippen LogP contribution in [0.1, 0.15) is 61.0 Å². The number of likely N-dealkylation sites (tertiary alicyclic amines) is 1. The van der Waals surface area contributed by atoms with Crippen LogP contribution in [-0.4, -0.2) is 72.6 Å². The summed E-state index contributed by atoms with van der Waals surface area (Å²) >= 11 is 0. The van der Waals surface area contributed by atoms with Gasteiger partial charge in [-0.3, -0.25) is 4.79 Å². The Morgan fingerprint density at radius 2 is 1.83 bits per heavy atom. The molecule has 2 aromatic carbocycles. The largest absolute Gasteiger partial charge is 0.496 e. The molecule has 4 aromatic rings. The molecular formula is C34H42N4O4. The van der Waals surface area contributed by atoms with Gasteiger partial charge in [0.2, 0.25) is 0 Å². The normalized spacial score (nSPS) is 22.3. The van der Waals surface area contributed by atoms with Crippen molar-refractivity contribution in [3.8, 4) is 11.5 Å². The number of carbonyl (C=O) groups is 1. The van der Waals surface area contributed by atoms with Crippen LogP contribution in [0.4, 0.5) is 0 Å². The molecule has 3 aliphatic rings. The van der Waals surface area contributed by atoms with E-state index in [0.29, 0.717) is 12.3 Å². The number of H-pyrrole nitrogens is 1. The first kappa shape index (κ1) is 27.3. The van der Waals surface area contributed by atoms with Crippen LogP contribution in [0.25, 0.3) is 21.9 Å². The molecule has 0 radical (unpaired) electrons. The number of hydrogen-bond acceptors (Lipinski definition) is 6. The van der Waals surface area contributed by atoms with Crippen LogP contribution < -0.4 is 14.8 Å². The van der Waals surface area contributed by atoms with Crippen molar-refractivity contribution in [3.05, 3.63) is 60.0 Å². The molecule has 0 aliphatic carbocycles. The summed E-state index contributed by atoms with van der Waals surface area (Å²) in [4.78, 5) is 22.0. The number of furan rings is 1. The summed E-state index contributed by atoms with van der Waals surface area (Å²) < 4.78 is 17.5. The summed E-state index contributed by atoms with van der Waals surface area (Å²) in [5.41, 5.74) is 3.13. The molecule has 3 saturated heterocycles. The molecular weight excluding hydrogens is 528 g/mol. The molecule has 0 bridgehead atoms. The lowest BCUT2D eigenvalue weighted by Crippen LogP contribution is -2.52. The average Bonchev–Trinajstić information content (AvgIpc) is 3.66. The lowest BCUT2D eigenvalue weighted by atomic mass is 9.83. The summed E-state index contributed by atoms with van der Waals surface area (Å²) in [6.45, 7) is 6.27. The van der Waals surface area contributed by atoms with Crippen LogP contribution in [-0.2, 0) is 6.61 Å². The van der Waals surface area contributed by atoms with Crippen molar-refractivity contribution >= 4 is 27.8 Å². The van der Waals surface area contributed by atoms with Crippen LogP contribution in [0.15, 0.2) is 53.1 Å². The van der Waals surface area contributed by atoms with E-state index in [1.165, 1.54) is 51.7 Å². The van der Waals surface area contributed by atoms with Crippen molar-refractivity contribution in [2.75, 3.05) is 39.8 Å². The van der Waals surface area contributed by atoms with Crippen molar-refractivity contribution in [2.45, 2.75) is 63.6 Å². The molecule has 5 heterocycles. The molecule has 0 spiro atoms. The molecule has 8 heteroatoms. The van der Waals surface area contributed by atoms with E-state index in [0.717, 1.165) is 76.8 Å². The second-order valence-electron chi connectivity index (χ2n) is 12.3. The first-order chi connectivity index (χ1) is 20.7. The Bertz CT molecular complexity index is 1530. The molecule has 7 rings (SSSR count). The fourth-order valence-electron chi connectivity index (χ4n) is 7.57. The Kier molecular flexibility index (Phi) is 7.82. The van der Waals surface area contributed by atoms with Crippen molar-refractivity contribution in [1.82, 2.24) is 20.1 Å². The summed E-state index contributed by atoms with van der Waals surface area (Å²) in [5.74, 6) is 2.24. The van der Waals surface area contributed by atoms with Gasteiger partial charge in [-0.1, -0.05) is 18.6 Å². The van der Waals surface area contributed by atoms with E-state index in [-0.39, 0.29) is 11.9 Å². The first-order valence-electron chi connectivity index (χ1n) is 15.7. The number of piperidine rings is 3. The Morgan fingerprint density at radius 3 is 2.71 bits per heavy atom. The predicted molar refractivity (Wildman–Crippen MR) is 164 cm³/mol. The maximum absolute atomic E-state index is 13.3. The number of benzene rings is 2. The molecule has 1 amide bonds. The average molecular weight is 571 g/mol. The summed E-state index contributed by atoms with van der Waals surface area (Å²) in [6, 6.07) is 14.5. The molecule has 42 heavy (non-hydrogen) atoms. The zero-order valence-corrected chi connectivity index (χ0v) is 24.6. The van der Waals surface area contributed by atoms with Crippen LogP contribution in [0, 0.1) is 5.92 Å². The van der Waals surface area contributed by atoms with Crippen molar-refractivity contribution < 1.29 is 18.7 Å².